The van der Waals surface area contributed by atoms with E-state index in [0.29, 0.717) is 43.5 Å². The normalized spacial score (nSPS) is 22.7. The van der Waals surface area contributed by atoms with Gasteiger partial charge in [-0.2, -0.15) is 0 Å². The first kappa shape index (κ1) is 18.3. The first-order valence-electron chi connectivity index (χ1n) is 7.38. The van der Waals surface area contributed by atoms with E-state index in [1.807, 2.05) is 14.1 Å². The van der Waals surface area contributed by atoms with Gasteiger partial charge in [-0.15, -0.1) is 0 Å². The molecule has 1 saturated heterocycles. The Hall–Kier alpha value is -0.760. The lowest BCUT2D eigenvalue weighted by molar-refractivity contribution is -0.130. The SMILES string of the molecule is CN(C)CC1CC(O)CN1CCC(=O)N(C)CCC(N)=S. The highest BCUT2D eigenvalue weighted by Gasteiger charge is 2.31. The molecule has 1 aliphatic rings. The first-order chi connectivity index (χ1) is 9.79. The second-order valence-electron chi connectivity index (χ2n) is 6.08. The Bertz CT molecular complexity index is 365. The van der Waals surface area contributed by atoms with Gasteiger partial charge in [-0.1, -0.05) is 12.2 Å². The molecule has 21 heavy (non-hydrogen) atoms. The Morgan fingerprint density at radius 2 is 2.05 bits per heavy atom. The minimum absolute atomic E-state index is 0.0937. The predicted molar refractivity (Wildman–Crippen MR) is 88.2 cm³/mol. The van der Waals surface area contributed by atoms with Crippen molar-refractivity contribution in [1.82, 2.24) is 14.7 Å². The van der Waals surface area contributed by atoms with Crippen LogP contribution in [0, 0.1) is 0 Å². The molecule has 0 aromatic rings. The Morgan fingerprint density at radius 3 is 2.62 bits per heavy atom. The number of rotatable bonds is 8. The lowest BCUT2D eigenvalue weighted by Gasteiger charge is -2.27. The molecule has 1 fully saturated rings. The summed E-state index contributed by atoms with van der Waals surface area (Å²) < 4.78 is 0. The van der Waals surface area contributed by atoms with Gasteiger partial charge in [0.2, 0.25) is 5.91 Å². The summed E-state index contributed by atoms with van der Waals surface area (Å²) in [5.41, 5.74) is 5.45. The lowest BCUT2D eigenvalue weighted by atomic mass is 10.2. The molecule has 6 nitrogen and oxygen atoms in total. The van der Waals surface area contributed by atoms with Gasteiger partial charge in [0.05, 0.1) is 11.1 Å². The molecule has 0 bridgehead atoms. The van der Waals surface area contributed by atoms with Crippen molar-refractivity contribution in [1.29, 1.82) is 0 Å². The van der Waals surface area contributed by atoms with Gasteiger partial charge in [-0.05, 0) is 20.5 Å². The molecule has 7 heteroatoms. The molecule has 1 aliphatic heterocycles. The molecular weight excluding hydrogens is 288 g/mol. The fourth-order valence-corrected chi connectivity index (χ4v) is 2.77. The molecule has 0 saturated carbocycles. The smallest absolute Gasteiger partial charge is 0.223 e. The fourth-order valence-electron chi connectivity index (χ4n) is 2.68. The van der Waals surface area contributed by atoms with Crippen molar-refractivity contribution in [2.45, 2.75) is 31.4 Å². The van der Waals surface area contributed by atoms with E-state index in [9.17, 15) is 9.90 Å². The van der Waals surface area contributed by atoms with Crippen molar-refractivity contribution in [2.75, 3.05) is 47.3 Å². The van der Waals surface area contributed by atoms with Crippen LogP contribution in [-0.2, 0) is 4.79 Å². The molecule has 2 atom stereocenters. The summed E-state index contributed by atoms with van der Waals surface area (Å²) in [5.74, 6) is 0.0937. The second kappa shape index (κ2) is 8.63. The highest BCUT2D eigenvalue weighted by molar-refractivity contribution is 7.80. The molecule has 1 heterocycles. The van der Waals surface area contributed by atoms with E-state index in [4.69, 9.17) is 18.0 Å². The summed E-state index contributed by atoms with van der Waals surface area (Å²) in [6.45, 7) is 2.81. The summed E-state index contributed by atoms with van der Waals surface area (Å²) in [5, 5.41) is 9.82. The van der Waals surface area contributed by atoms with Crippen LogP contribution in [-0.4, -0.2) is 90.2 Å². The molecule has 122 valence electrons. The first-order valence-corrected chi connectivity index (χ1v) is 7.79. The van der Waals surface area contributed by atoms with Gasteiger partial charge < -0.3 is 20.6 Å². The molecule has 1 rings (SSSR count). The van der Waals surface area contributed by atoms with Crippen molar-refractivity contribution >= 4 is 23.1 Å². The number of thiocarbonyl (C=S) groups is 1. The number of hydrogen-bond acceptors (Lipinski definition) is 5. The molecular formula is C14H28N4O2S. The zero-order chi connectivity index (χ0) is 16.0. The number of likely N-dealkylation sites (N-methyl/N-ethyl adjacent to an activating group) is 1. The molecule has 2 unspecified atom stereocenters. The van der Waals surface area contributed by atoms with Gasteiger partial charge >= 0.3 is 0 Å². The number of β-amino-alcohol motifs (C(OH)–C–C–N with tert-alkyl or cyclic N) is 1. The van der Waals surface area contributed by atoms with Gasteiger partial charge in [0.1, 0.15) is 0 Å². The zero-order valence-corrected chi connectivity index (χ0v) is 14.1. The molecule has 0 aromatic heterocycles. The highest BCUT2D eigenvalue weighted by Crippen LogP contribution is 2.18. The van der Waals surface area contributed by atoms with E-state index in [2.05, 4.69) is 9.80 Å². The van der Waals surface area contributed by atoms with Crippen LogP contribution < -0.4 is 5.73 Å². The number of aliphatic hydroxyl groups excluding tert-OH is 1. The average molecular weight is 316 g/mol. The molecule has 0 spiro atoms. The molecule has 3 N–H and O–H groups in total. The summed E-state index contributed by atoms with van der Waals surface area (Å²) in [4.78, 5) is 18.5. The van der Waals surface area contributed by atoms with Crippen molar-refractivity contribution in [3.05, 3.63) is 0 Å². The third-order valence-electron chi connectivity index (χ3n) is 3.81. The van der Waals surface area contributed by atoms with Gasteiger partial charge in [0.25, 0.3) is 0 Å². The Kier molecular flexibility index (Phi) is 7.51. The van der Waals surface area contributed by atoms with E-state index in [-0.39, 0.29) is 12.0 Å². The van der Waals surface area contributed by atoms with Crippen LogP contribution in [0.3, 0.4) is 0 Å². The van der Waals surface area contributed by atoms with E-state index in [0.717, 1.165) is 13.0 Å². The van der Waals surface area contributed by atoms with E-state index in [1.54, 1.807) is 11.9 Å². The van der Waals surface area contributed by atoms with Crippen molar-refractivity contribution < 1.29 is 9.90 Å². The number of nitrogens with zero attached hydrogens (tertiary/aromatic N) is 3. The van der Waals surface area contributed by atoms with Crippen LogP contribution in [0.1, 0.15) is 19.3 Å². The topological polar surface area (TPSA) is 73.0 Å². The summed E-state index contributed by atoms with van der Waals surface area (Å²) in [7, 11) is 5.83. The zero-order valence-electron chi connectivity index (χ0n) is 13.3. The second-order valence-corrected chi connectivity index (χ2v) is 6.61. The Labute approximate surface area is 132 Å². The molecule has 0 aliphatic carbocycles. The Balaban J connectivity index is 2.38. The van der Waals surface area contributed by atoms with Gasteiger partial charge in [0.15, 0.2) is 0 Å². The van der Waals surface area contributed by atoms with Crippen molar-refractivity contribution in [2.24, 2.45) is 5.73 Å². The fraction of sp³-hybridized carbons (Fsp3) is 0.857. The maximum atomic E-state index is 12.1. The van der Waals surface area contributed by atoms with E-state index in [1.165, 1.54) is 0 Å². The number of carbonyl (C=O) groups excluding carboxylic acids is 1. The third-order valence-corrected chi connectivity index (χ3v) is 4.02. The standard InChI is InChI=1S/C14H28N4O2S/c1-16(2)9-11-8-12(19)10-18(11)7-5-14(20)17(3)6-4-13(15)21/h11-12,19H,4-10H2,1-3H3,(H2,15,21). The minimum atomic E-state index is -0.280. The van der Waals surface area contributed by atoms with E-state index < -0.39 is 0 Å². The van der Waals surface area contributed by atoms with Gasteiger partial charge in [-0.25, -0.2) is 0 Å². The number of nitrogens with two attached hydrogens (primary N) is 1. The van der Waals surface area contributed by atoms with Crippen LogP contribution in [0.5, 0.6) is 0 Å². The van der Waals surface area contributed by atoms with Crippen molar-refractivity contribution in [3.63, 3.8) is 0 Å². The number of likely N-dealkylation sites (tertiary alicyclic amines) is 1. The molecule has 1 amide bonds. The van der Waals surface area contributed by atoms with Gasteiger partial charge in [-0.3, -0.25) is 9.69 Å². The maximum Gasteiger partial charge on any atom is 0.223 e. The van der Waals surface area contributed by atoms with Crippen molar-refractivity contribution in [3.8, 4) is 0 Å². The quantitative estimate of drug-likeness (QED) is 0.589. The van der Waals surface area contributed by atoms with Crippen LogP contribution in [0.4, 0.5) is 0 Å². The number of hydrogen-bond donors (Lipinski definition) is 2. The van der Waals surface area contributed by atoms with Crippen LogP contribution >= 0.6 is 12.2 Å². The third kappa shape index (κ3) is 6.69. The minimum Gasteiger partial charge on any atom is -0.393 e. The van der Waals surface area contributed by atoms with Gasteiger partial charge in [0, 0.05) is 52.1 Å². The van der Waals surface area contributed by atoms with Crippen LogP contribution in [0.15, 0.2) is 0 Å². The molecule has 0 radical (unpaired) electrons. The molecule has 0 aromatic carbocycles. The largest absolute Gasteiger partial charge is 0.393 e. The Morgan fingerprint density at radius 1 is 1.38 bits per heavy atom. The van der Waals surface area contributed by atoms with Crippen LogP contribution in [0.2, 0.25) is 0 Å². The average Bonchev–Trinajstić information content (AvgIpc) is 2.72. The summed E-state index contributed by atoms with van der Waals surface area (Å²) in [6, 6.07) is 0.324. The van der Waals surface area contributed by atoms with E-state index >= 15 is 0 Å². The van der Waals surface area contributed by atoms with Crippen LogP contribution in [0.25, 0.3) is 0 Å². The lowest BCUT2D eigenvalue weighted by Crippen LogP contribution is -2.40. The number of aliphatic hydroxyl groups is 1. The monoisotopic (exact) mass is 316 g/mol. The number of carbonyl (C=O) groups is 1. The highest BCUT2D eigenvalue weighted by atomic mass is 32.1. The summed E-state index contributed by atoms with van der Waals surface area (Å²) in [6.07, 6.45) is 1.52. The number of amides is 1. The maximum absolute atomic E-state index is 12.1. The summed E-state index contributed by atoms with van der Waals surface area (Å²) >= 11 is 4.82. The predicted octanol–water partition coefficient (Wildman–Crippen LogP) is -0.492.